The Balaban J connectivity index is 1.50. The van der Waals surface area contributed by atoms with Crippen LogP contribution in [0.2, 0.25) is 0 Å². The topological polar surface area (TPSA) is 67.9 Å². The number of carbonyl (C=O) groups is 2. The van der Waals surface area contributed by atoms with Crippen LogP contribution < -0.4 is 5.32 Å². The van der Waals surface area contributed by atoms with Crippen molar-refractivity contribution >= 4 is 29.7 Å². The molecule has 8 heteroatoms. The van der Waals surface area contributed by atoms with Crippen molar-refractivity contribution < 1.29 is 23.5 Å². The molecular formula is C27H31FN2O4S. The molecule has 2 aliphatic rings. The lowest BCUT2D eigenvalue weighted by Gasteiger charge is -2.44. The Bertz CT molecular complexity index is 1070. The number of amides is 2. The van der Waals surface area contributed by atoms with E-state index in [2.05, 4.69) is 5.32 Å². The molecule has 1 heterocycles. The van der Waals surface area contributed by atoms with Crippen LogP contribution in [0, 0.1) is 5.82 Å². The maximum atomic E-state index is 14.4. The summed E-state index contributed by atoms with van der Waals surface area (Å²) in [6.07, 6.45) is 5.58. The molecule has 2 aromatic carbocycles. The van der Waals surface area contributed by atoms with E-state index in [1.807, 2.05) is 23.1 Å². The summed E-state index contributed by atoms with van der Waals surface area (Å²) in [7, 11) is 3.03. The zero-order chi connectivity index (χ0) is 24.8. The van der Waals surface area contributed by atoms with Crippen molar-refractivity contribution in [1.29, 1.82) is 0 Å². The molecule has 0 spiro atoms. The minimum atomic E-state index is -0.506. The van der Waals surface area contributed by atoms with E-state index in [1.54, 1.807) is 42.1 Å². The highest BCUT2D eigenvalue weighted by atomic mass is 32.2. The number of nitrogens with zero attached hydrogens (tertiary/aromatic N) is 1. The number of rotatable bonds is 8. The van der Waals surface area contributed by atoms with Gasteiger partial charge in [0.05, 0.1) is 11.4 Å². The number of hydrogen-bond donors (Lipinski definition) is 1. The number of ether oxygens (including phenoxy) is 2. The maximum absolute atomic E-state index is 14.4. The molecular weight excluding hydrogens is 467 g/mol. The summed E-state index contributed by atoms with van der Waals surface area (Å²) in [6.45, 7) is 0.511. The van der Waals surface area contributed by atoms with Gasteiger partial charge < -0.3 is 19.7 Å². The van der Waals surface area contributed by atoms with E-state index in [1.165, 1.54) is 20.3 Å². The first-order chi connectivity index (χ1) is 17.0. The Morgan fingerprint density at radius 1 is 1.14 bits per heavy atom. The fourth-order valence-corrected chi connectivity index (χ4v) is 6.07. The molecule has 1 aliphatic carbocycles. The smallest absolute Gasteiger partial charge is 0.260 e. The number of nitrogens with one attached hydrogen (secondary N) is 1. The summed E-state index contributed by atoms with van der Waals surface area (Å²) in [6, 6.07) is 13.9. The van der Waals surface area contributed by atoms with Crippen LogP contribution in [-0.4, -0.2) is 55.1 Å². The average molecular weight is 499 g/mol. The molecule has 6 nitrogen and oxygen atoms in total. The standard InChI is InChI=1S/C27H31FN2O4S/c1-33-25(34-2)16-29-26(31)19-13-11-18(12-14-19)15-24-27(32)30(17-20-7-3-4-8-21(20)28)22-9-5-6-10-23(22)35-24/h3-4,7-8,11-15,22-23,25H,5-6,9-10,16-17H2,1-2H3,(H,29,31)/b24-15-. The van der Waals surface area contributed by atoms with Crippen LogP contribution in [0.5, 0.6) is 0 Å². The van der Waals surface area contributed by atoms with Crippen LogP contribution in [0.3, 0.4) is 0 Å². The first-order valence-electron chi connectivity index (χ1n) is 11.9. The molecule has 0 aromatic heterocycles. The van der Waals surface area contributed by atoms with Crippen LogP contribution in [0.15, 0.2) is 53.4 Å². The van der Waals surface area contributed by atoms with Crippen molar-refractivity contribution in [3.8, 4) is 0 Å². The number of thioether (sulfide) groups is 1. The summed E-state index contributed by atoms with van der Waals surface area (Å²) in [5, 5.41) is 3.08. The zero-order valence-corrected chi connectivity index (χ0v) is 20.9. The normalized spacial score (nSPS) is 21.3. The summed E-state index contributed by atoms with van der Waals surface area (Å²) < 4.78 is 24.6. The predicted octanol–water partition coefficient (Wildman–Crippen LogP) is 4.60. The fraction of sp³-hybridized carbons (Fsp3) is 0.407. The quantitative estimate of drug-likeness (QED) is 0.426. The lowest BCUT2D eigenvalue weighted by molar-refractivity contribution is -0.130. The maximum Gasteiger partial charge on any atom is 0.260 e. The number of carbonyl (C=O) groups excluding carboxylic acids is 2. The molecule has 2 fully saturated rings. The minimum absolute atomic E-state index is 0.0617. The van der Waals surface area contributed by atoms with Crippen LogP contribution >= 0.6 is 11.8 Å². The van der Waals surface area contributed by atoms with Crippen LogP contribution in [0.1, 0.15) is 47.2 Å². The van der Waals surface area contributed by atoms with E-state index in [4.69, 9.17) is 9.47 Å². The van der Waals surface area contributed by atoms with Crippen molar-refractivity contribution in [3.63, 3.8) is 0 Å². The minimum Gasteiger partial charge on any atom is -0.354 e. The zero-order valence-electron chi connectivity index (χ0n) is 20.0. The van der Waals surface area contributed by atoms with Gasteiger partial charge in [-0.15, -0.1) is 11.8 Å². The molecule has 2 unspecified atom stereocenters. The van der Waals surface area contributed by atoms with E-state index in [9.17, 15) is 14.0 Å². The number of fused-ring (bicyclic) bond motifs is 1. The lowest BCUT2D eigenvalue weighted by Crippen LogP contribution is -2.50. The van der Waals surface area contributed by atoms with Gasteiger partial charge in [0.25, 0.3) is 11.8 Å². The molecule has 0 bridgehead atoms. The van der Waals surface area contributed by atoms with Gasteiger partial charge in [0.1, 0.15) is 5.82 Å². The van der Waals surface area contributed by atoms with Crippen LogP contribution in [0.4, 0.5) is 4.39 Å². The van der Waals surface area contributed by atoms with Gasteiger partial charge in [-0.3, -0.25) is 9.59 Å². The van der Waals surface area contributed by atoms with Gasteiger partial charge >= 0.3 is 0 Å². The van der Waals surface area contributed by atoms with Gasteiger partial charge in [-0.1, -0.05) is 43.2 Å². The molecule has 35 heavy (non-hydrogen) atoms. The van der Waals surface area contributed by atoms with E-state index in [-0.39, 0.29) is 36.8 Å². The number of benzene rings is 2. The monoisotopic (exact) mass is 498 g/mol. The molecule has 4 rings (SSSR count). The molecule has 0 radical (unpaired) electrons. The molecule has 2 amide bonds. The van der Waals surface area contributed by atoms with Gasteiger partial charge in [0, 0.05) is 43.2 Å². The molecule has 2 atom stereocenters. The van der Waals surface area contributed by atoms with Gasteiger partial charge in [0.15, 0.2) is 6.29 Å². The molecule has 1 saturated carbocycles. The van der Waals surface area contributed by atoms with E-state index < -0.39 is 6.29 Å². The van der Waals surface area contributed by atoms with Crippen molar-refractivity contribution in [3.05, 3.63) is 75.9 Å². The Kier molecular flexibility index (Phi) is 8.59. The van der Waals surface area contributed by atoms with E-state index >= 15 is 0 Å². The molecule has 1 saturated heterocycles. The molecule has 1 aliphatic heterocycles. The van der Waals surface area contributed by atoms with Crippen molar-refractivity contribution in [1.82, 2.24) is 10.2 Å². The van der Waals surface area contributed by atoms with Gasteiger partial charge in [0.2, 0.25) is 0 Å². The van der Waals surface area contributed by atoms with Crippen molar-refractivity contribution in [2.24, 2.45) is 0 Å². The predicted molar refractivity (Wildman–Crippen MR) is 135 cm³/mol. The highest BCUT2D eigenvalue weighted by Gasteiger charge is 2.40. The summed E-state index contributed by atoms with van der Waals surface area (Å²) >= 11 is 1.63. The third-order valence-corrected chi connectivity index (χ3v) is 7.94. The highest BCUT2D eigenvalue weighted by Crippen LogP contribution is 2.42. The fourth-order valence-electron chi connectivity index (χ4n) is 4.59. The average Bonchev–Trinajstić information content (AvgIpc) is 2.88. The summed E-state index contributed by atoms with van der Waals surface area (Å²) in [5.41, 5.74) is 1.88. The number of methoxy groups -OCH3 is 2. The number of hydrogen-bond acceptors (Lipinski definition) is 5. The first kappa shape index (κ1) is 25.4. The van der Waals surface area contributed by atoms with Gasteiger partial charge in [-0.05, 0) is 42.7 Å². The summed E-state index contributed by atoms with van der Waals surface area (Å²) in [5.74, 6) is -0.575. The third kappa shape index (κ3) is 6.12. The Morgan fingerprint density at radius 3 is 2.57 bits per heavy atom. The molecule has 1 N–H and O–H groups in total. The van der Waals surface area contributed by atoms with E-state index in [0.717, 1.165) is 31.2 Å². The van der Waals surface area contributed by atoms with Crippen LogP contribution in [0.25, 0.3) is 6.08 Å². The largest absolute Gasteiger partial charge is 0.354 e. The number of halogens is 1. The first-order valence-corrected chi connectivity index (χ1v) is 12.7. The van der Waals surface area contributed by atoms with Gasteiger partial charge in [-0.2, -0.15) is 0 Å². The van der Waals surface area contributed by atoms with Crippen LogP contribution in [-0.2, 0) is 20.8 Å². The SMILES string of the molecule is COC(CNC(=O)c1ccc(/C=C2\SC3CCCCC3N(Cc3ccccc3F)C2=O)cc1)OC. The van der Waals surface area contributed by atoms with Crippen molar-refractivity contribution in [2.45, 2.75) is 49.8 Å². The van der Waals surface area contributed by atoms with Gasteiger partial charge in [-0.25, -0.2) is 4.39 Å². The van der Waals surface area contributed by atoms with E-state index in [0.29, 0.717) is 21.3 Å². The Hall–Kier alpha value is -2.68. The lowest BCUT2D eigenvalue weighted by atomic mass is 9.92. The molecule has 186 valence electrons. The Labute approximate surface area is 209 Å². The second kappa shape index (κ2) is 11.8. The second-order valence-electron chi connectivity index (χ2n) is 8.77. The second-order valence-corrected chi connectivity index (χ2v) is 10.1. The Morgan fingerprint density at radius 2 is 1.86 bits per heavy atom. The highest BCUT2D eigenvalue weighted by molar-refractivity contribution is 8.04. The van der Waals surface area contributed by atoms with Crippen molar-refractivity contribution in [2.75, 3.05) is 20.8 Å². The third-order valence-electron chi connectivity index (χ3n) is 6.54. The molecule has 2 aromatic rings. The summed E-state index contributed by atoms with van der Waals surface area (Å²) in [4.78, 5) is 28.4.